The second kappa shape index (κ2) is 10.4. The summed E-state index contributed by atoms with van der Waals surface area (Å²) in [7, 11) is -0.0779. The SMILES string of the molecule is CCCN(Cc1cc(NC(=O)NCC)ccc1N(C)C)S(=O)(=O)c1ccc(F)cc1. The summed E-state index contributed by atoms with van der Waals surface area (Å²) >= 11 is 0. The number of hydrogen-bond acceptors (Lipinski definition) is 4. The van der Waals surface area contributed by atoms with E-state index in [-0.39, 0.29) is 17.5 Å². The number of nitrogens with one attached hydrogen (secondary N) is 2. The summed E-state index contributed by atoms with van der Waals surface area (Å²) in [5, 5.41) is 5.42. The van der Waals surface area contributed by atoms with Crippen molar-refractivity contribution in [3.8, 4) is 0 Å². The van der Waals surface area contributed by atoms with Crippen LogP contribution in [0.2, 0.25) is 0 Å². The molecule has 0 radical (unpaired) electrons. The molecule has 30 heavy (non-hydrogen) atoms. The number of nitrogens with zero attached hydrogens (tertiary/aromatic N) is 2. The Bertz CT molecular complexity index is 963. The van der Waals surface area contributed by atoms with Crippen LogP contribution in [0, 0.1) is 5.82 Å². The van der Waals surface area contributed by atoms with Crippen molar-refractivity contribution in [1.82, 2.24) is 9.62 Å². The number of anilines is 2. The minimum atomic E-state index is -3.82. The van der Waals surface area contributed by atoms with Gasteiger partial charge in [-0.05, 0) is 61.4 Å². The fourth-order valence-corrected chi connectivity index (χ4v) is 4.55. The Balaban J connectivity index is 2.41. The van der Waals surface area contributed by atoms with Crippen molar-refractivity contribution in [1.29, 1.82) is 0 Å². The number of urea groups is 1. The van der Waals surface area contributed by atoms with Crippen molar-refractivity contribution < 1.29 is 17.6 Å². The number of amides is 2. The van der Waals surface area contributed by atoms with Crippen LogP contribution in [0.15, 0.2) is 47.4 Å². The molecule has 0 aliphatic carbocycles. The van der Waals surface area contributed by atoms with E-state index in [1.807, 2.05) is 38.9 Å². The molecule has 2 amide bonds. The van der Waals surface area contributed by atoms with Crippen molar-refractivity contribution in [2.45, 2.75) is 31.7 Å². The predicted octanol–water partition coefficient (Wildman–Crippen LogP) is 3.63. The van der Waals surface area contributed by atoms with Crippen LogP contribution in [0.3, 0.4) is 0 Å². The summed E-state index contributed by atoms with van der Waals surface area (Å²) < 4.78 is 41.0. The molecule has 0 unspecified atom stereocenters. The largest absolute Gasteiger partial charge is 0.377 e. The molecule has 2 aromatic carbocycles. The molecule has 0 saturated carbocycles. The first-order valence-electron chi connectivity index (χ1n) is 9.79. The second-order valence-corrected chi connectivity index (χ2v) is 8.95. The average Bonchev–Trinajstić information content (AvgIpc) is 2.68. The summed E-state index contributed by atoms with van der Waals surface area (Å²) in [6, 6.07) is 9.87. The fraction of sp³-hybridized carbons (Fsp3) is 0.381. The molecular formula is C21H29FN4O3S. The molecule has 2 N–H and O–H groups in total. The van der Waals surface area contributed by atoms with Crippen molar-refractivity contribution in [3.05, 3.63) is 53.8 Å². The van der Waals surface area contributed by atoms with Crippen LogP contribution in [0.25, 0.3) is 0 Å². The molecule has 9 heteroatoms. The van der Waals surface area contributed by atoms with E-state index in [4.69, 9.17) is 0 Å². The van der Waals surface area contributed by atoms with Gasteiger partial charge in [-0.15, -0.1) is 0 Å². The number of halogens is 1. The zero-order chi connectivity index (χ0) is 22.3. The maximum absolute atomic E-state index is 13.3. The van der Waals surface area contributed by atoms with E-state index in [1.54, 1.807) is 12.1 Å². The highest BCUT2D eigenvalue weighted by Crippen LogP contribution is 2.27. The van der Waals surface area contributed by atoms with E-state index in [1.165, 1.54) is 16.4 Å². The lowest BCUT2D eigenvalue weighted by atomic mass is 10.1. The van der Waals surface area contributed by atoms with Crippen LogP contribution in [0.4, 0.5) is 20.6 Å². The molecule has 0 spiro atoms. The summed E-state index contributed by atoms with van der Waals surface area (Å²) in [5.41, 5.74) is 2.15. The zero-order valence-corrected chi connectivity index (χ0v) is 18.6. The minimum Gasteiger partial charge on any atom is -0.377 e. The van der Waals surface area contributed by atoms with Gasteiger partial charge in [-0.3, -0.25) is 0 Å². The Morgan fingerprint density at radius 2 is 1.73 bits per heavy atom. The van der Waals surface area contributed by atoms with Gasteiger partial charge in [0.2, 0.25) is 10.0 Å². The topological polar surface area (TPSA) is 81.8 Å². The minimum absolute atomic E-state index is 0.0420. The number of hydrogen-bond donors (Lipinski definition) is 2. The first kappa shape index (κ1) is 23.6. The standard InChI is InChI=1S/C21H29FN4O3S/c1-5-13-26(30(28,29)19-10-7-17(22)8-11-19)15-16-14-18(24-21(27)23-6-2)9-12-20(16)25(3)4/h7-12,14H,5-6,13,15H2,1-4H3,(H2,23,24,27). The van der Waals surface area contributed by atoms with E-state index in [2.05, 4.69) is 10.6 Å². The lowest BCUT2D eigenvalue weighted by Gasteiger charge is -2.25. The number of rotatable bonds is 9. The lowest BCUT2D eigenvalue weighted by molar-refractivity contribution is 0.252. The highest BCUT2D eigenvalue weighted by molar-refractivity contribution is 7.89. The number of carbonyl (C=O) groups excluding carboxylic acids is 1. The summed E-state index contributed by atoms with van der Waals surface area (Å²) in [5.74, 6) is -0.491. The highest BCUT2D eigenvalue weighted by Gasteiger charge is 2.25. The number of sulfonamides is 1. The van der Waals surface area contributed by atoms with E-state index in [0.717, 1.165) is 23.4 Å². The third-order valence-corrected chi connectivity index (χ3v) is 6.29. The normalized spacial score (nSPS) is 11.4. The molecule has 164 valence electrons. The third kappa shape index (κ3) is 5.93. The van der Waals surface area contributed by atoms with Crippen LogP contribution < -0.4 is 15.5 Å². The Labute approximate surface area is 177 Å². The maximum atomic E-state index is 13.3. The molecule has 7 nitrogen and oxygen atoms in total. The van der Waals surface area contributed by atoms with Gasteiger partial charge in [-0.2, -0.15) is 4.31 Å². The van der Waals surface area contributed by atoms with E-state index < -0.39 is 15.8 Å². The van der Waals surface area contributed by atoms with Crippen LogP contribution in [-0.4, -0.2) is 45.9 Å². The van der Waals surface area contributed by atoms with Crippen molar-refractivity contribution in [2.24, 2.45) is 0 Å². The highest BCUT2D eigenvalue weighted by atomic mass is 32.2. The van der Waals surface area contributed by atoms with E-state index in [0.29, 0.717) is 25.2 Å². The number of carbonyl (C=O) groups is 1. The number of benzene rings is 2. The third-order valence-electron chi connectivity index (χ3n) is 4.43. The van der Waals surface area contributed by atoms with Gasteiger partial charge in [0.1, 0.15) is 5.82 Å². The van der Waals surface area contributed by atoms with Gasteiger partial charge in [0.05, 0.1) is 4.90 Å². The van der Waals surface area contributed by atoms with Crippen LogP contribution in [0.1, 0.15) is 25.8 Å². The quantitative estimate of drug-likeness (QED) is 0.629. The molecule has 0 fully saturated rings. The molecule has 0 bridgehead atoms. The Morgan fingerprint density at radius 3 is 2.30 bits per heavy atom. The average molecular weight is 437 g/mol. The van der Waals surface area contributed by atoms with Gasteiger partial charge < -0.3 is 15.5 Å². The van der Waals surface area contributed by atoms with Gasteiger partial charge in [-0.1, -0.05) is 6.92 Å². The summed E-state index contributed by atoms with van der Waals surface area (Å²) in [6.07, 6.45) is 0.620. The molecule has 0 aliphatic heterocycles. The summed E-state index contributed by atoms with van der Waals surface area (Å²) in [4.78, 5) is 13.8. The Kier molecular flexibility index (Phi) is 8.19. The monoisotopic (exact) mass is 436 g/mol. The lowest BCUT2D eigenvalue weighted by Crippen LogP contribution is -2.32. The van der Waals surface area contributed by atoms with Crippen LogP contribution in [-0.2, 0) is 16.6 Å². The van der Waals surface area contributed by atoms with Crippen LogP contribution in [0.5, 0.6) is 0 Å². The van der Waals surface area contributed by atoms with Crippen molar-refractivity contribution in [3.63, 3.8) is 0 Å². The van der Waals surface area contributed by atoms with Gasteiger partial charge >= 0.3 is 6.03 Å². The van der Waals surface area contributed by atoms with Gasteiger partial charge in [0, 0.05) is 45.1 Å². The molecular weight excluding hydrogens is 407 g/mol. The smallest absolute Gasteiger partial charge is 0.319 e. The van der Waals surface area contributed by atoms with Gasteiger partial charge in [-0.25, -0.2) is 17.6 Å². The molecule has 0 aliphatic rings. The molecule has 0 heterocycles. The zero-order valence-electron chi connectivity index (χ0n) is 17.8. The van der Waals surface area contributed by atoms with Crippen molar-refractivity contribution in [2.75, 3.05) is 37.4 Å². The van der Waals surface area contributed by atoms with Crippen molar-refractivity contribution >= 4 is 27.4 Å². The van der Waals surface area contributed by atoms with E-state index >= 15 is 0 Å². The Hall–Kier alpha value is -2.65. The van der Waals surface area contributed by atoms with Crippen LogP contribution >= 0.6 is 0 Å². The Morgan fingerprint density at radius 1 is 1.07 bits per heavy atom. The maximum Gasteiger partial charge on any atom is 0.319 e. The predicted molar refractivity (Wildman–Crippen MR) is 118 cm³/mol. The molecule has 2 rings (SSSR count). The summed E-state index contributed by atoms with van der Waals surface area (Å²) in [6.45, 7) is 4.64. The van der Waals surface area contributed by atoms with Gasteiger partial charge in [0.25, 0.3) is 0 Å². The fourth-order valence-electron chi connectivity index (χ4n) is 3.04. The molecule has 0 aromatic heterocycles. The molecule has 0 saturated heterocycles. The second-order valence-electron chi connectivity index (χ2n) is 7.01. The molecule has 2 aromatic rings. The first-order valence-corrected chi connectivity index (χ1v) is 11.2. The molecule has 0 atom stereocenters. The van der Waals surface area contributed by atoms with Gasteiger partial charge in [0.15, 0.2) is 0 Å². The van der Waals surface area contributed by atoms with E-state index in [9.17, 15) is 17.6 Å². The first-order chi connectivity index (χ1) is 14.2.